The molecule has 0 aliphatic carbocycles. The van der Waals surface area contributed by atoms with Gasteiger partial charge in [0.05, 0.1) is 16.5 Å². The molecule has 0 amide bonds. The molecule has 1 aromatic heterocycles. The van der Waals surface area contributed by atoms with Gasteiger partial charge in [0.15, 0.2) is 9.84 Å². The van der Waals surface area contributed by atoms with Gasteiger partial charge in [-0.25, -0.2) is 13.1 Å². The van der Waals surface area contributed by atoms with Gasteiger partial charge in [0.1, 0.15) is 5.52 Å². The van der Waals surface area contributed by atoms with Gasteiger partial charge in [-0.2, -0.15) is 0 Å². The molecule has 0 atom stereocenters. The highest BCUT2D eigenvalue weighted by Gasteiger charge is 2.22. The second-order valence-corrected chi connectivity index (χ2v) is 9.62. The SMILES string of the molecule is CCCN1CCC(n2nnc3cc(-c4ccc(S(C)(=O)=O)cc4)ccc32)CC1. The van der Waals surface area contributed by atoms with Gasteiger partial charge in [0.25, 0.3) is 0 Å². The molecular formula is C21H26N4O2S. The first-order valence-electron chi connectivity index (χ1n) is 9.83. The molecule has 1 aliphatic rings. The van der Waals surface area contributed by atoms with Crippen LogP contribution < -0.4 is 0 Å². The number of fused-ring (bicyclic) bond motifs is 1. The van der Waals surface area contributed by atoms with E-state index < -0.39 is 9.84 Å². The molecule has 3 aromatic rings. The van der Waals surface area contributed by atoms with Crippen LogP contribution in [0, 0.1) is 0 Å². The number of hydrogen-bond acceptors (Lipinski definition) is 5. The third-order valence-corrected chi connectivity index (χ3v) is 6.66. The molecule has 1 aliphatic heterocycles. The van der Waals surface area contributed by atoms with Crippen LogP contribution in [0.1, 0.15) is 32.2 Å². The van der Waals surface area contributed by atoms with Crippen LogP contribution in [-0.4, -0.2) is 54.2 Å². The van der Waals surface area contributed by atoms with E-state index in [1.165, 1.54) is 19.2 Å². The van der Waals surface area contributed by atoms with E-state index in [1.807, 2.05) is 18.2 Å². The summed E-state index contributed by atoms with van der Waals surface area (Å²) in [7, 11) is -3.18. The summed E-state index contributed by atoms with van der Waals surface area (Å²) < 4.78 is 25.4. The van der Waals surface area contributed by atoms with Crippen LogP contribution in [0.5, 0.6) is 0 Å². The molecule has 28 heavy (non-hydrogen) atoms. The Hall–Kier alpha value is -2.25. The van der Waals surface area contributed by atoms with Gasteiger partial charge in [-0.3, -0.25) is 0 Å². The van der Waals surface area contributed by atoms with Crippen molar-refractivity contribution in [2.75, 3.05) is 25.9 Å². The van der Waals surface area contributed by atoms with E-state index in [1.54, 1.807) is 12.1 Å². The first-order valence-corrected chi connectivity index (χ1v) is 11.7. The molecule has 148 valence electrons. The normalized spacial score (nSPS) is 16.6. The Balaban J connectivity index is 1.57. The van der Waals surface area contributed by atoms with Crippen LogP contribution in [-0.2, 0) is 9.84 Å². The summed E-state index contributed by atoms with van der Waals surface area (Å²) in [5.74, 6) is 0. The fourth-order valence-electron chi connectivity index (χ4n) is 3.99. The largest absolute Gasteiger partial charge is 0.303 e. The van der Waals surface area contributed by atoms with Gasteiger partial charge in [-0.1, -0.05) is 30.3 Å². The Morgan fingerprint density at radius 1 is 1.04 bits per heavy atom. The van der Waals surface area contributed by atoms with Crippen molar-refractivity contribution in [3.05, 3.63) is 42.5 Å². The van der Waals surface area contributed by atoms with Crippen molar-refractivity contribution in [1.82, 2.24) is 19.9 Å². The Labute approximate surface area is 166 Å². The van der Waals surface area contributed by atoms with Crippen LogP contribution in [0.15, 0.2) is 47.4 Å². The van der Waals surface area contributed by atoms with Crippen molar-refractivity contribution in [2.45, 2.75) is 37.1 Å². The summed E-state index contributed by atoms with van der Waals surface area (Å²) in [6, 6.07) is 13.5. The number of sulfone groups is 1. The van der Waals surface area contributed by atoms with Crippen LogP contribution in [0.4, 0.5) is 0 Å². The topological polar surface area (TPSA) is 68.1 Å². The number of aromatic nitrogens is 3. The summed E-state index contributed by atoms with van der Waals surface area (Å²) in [6.45, 7) is 5.63. The molecule has 4 rings (SSSR count). The second-order valence-electron chi connectivity index (χ2n) is 7.61. The number of hydrogen-bond donors (Lipinski definition) is 0. The zero-order valence-corrected chi connectivity index (χ0v) is 17.2. The van der Waals surface area contributed by atoms with Crippen LogP contribution in [0.3, 0.4) is 0 Å². The van der Waals surface area contributed by atoms with Crippen LogP contribution in [0.25, 0.3) is 22.2 Å². The van der Waals surface area contributed by atoms with Gasteiger partial charge in [0.2, 0.25) is 0 Å². The van der Waals surface area contributed by atoms with Crippen LogP contribution >= 0.6 is 0 Å². The Bertz CT molecular complexity index is 1070. The monoisotopic (exact) mass is 398 g/mol. The first kappa shape index (κ1) is 19.1. The smallest absolute Gasteiger partial charge is 0.175 e. The molecule has 0 spiro atoms. The maximum atomic E-state index is 11.6. The van der Waals surface area contributed by atoms with Crippen LogP contribution in [0.2, 0.25) is 0 Å². The maximum absolute atomic E-state index is 11.6. The lowest BCUT2D eigenvalue weighted by Gasteiger charge is -2.31. The minimum absolute atomic E-state index is 0.331. The lowest BCUT2D eigenvalue weighted by molar-refractivity contribution is 0.181. The number of rotatable bonds is 5. The molecule has 0 bridgehead atoms. The van der Waals surface area contributed by atoms with Gasteiger partial charge in [-0.05, 0) is 61.2 Å². The Kier molecular flexibility index (Phi) is 5.21. The van der Waals surface area contributed by atoms with E-state index in [0.717, 1.165) is 48.1 Å². The molecule has 2 aromatic carbocycles. The molecule has 0 unspecified atom stereocenters. The Morgan fingerprint density at radius 3 is 2.36 bits per heavy atom. The van der Waals surface area contributed by atoms with Crippen molar-refractivity contribution in [3.63, 3.8) is 0 Å². The summed E-state index contributed by atoms with van der Waals surface area (Å²) in [5.41, 5.74) is 3.92. The number of nitrogens with zero attached hydrogens (tertiary/aromatic N) is 4. The Morgan fingerprint density at radius 2 is 1.71 bits per heavy atom. The second kappa shape index (κ2) is 7.64. The van der Waals surface area contributed by atoms with Crippen molar-refractivity contribution in [1.29, 1.82) is 0 Å². The third kappa shape index (κ3) is 3.82. The van der Waals surface area contributed by atoms with E-state index in [0.29, 0.717) is 10.9 Å². The standard InChI is InChI=1S/C21H26N4O2S/c1-3-12-24-13-10-18(11-14-24)25-21-9-6-17(15-20(21)22-23-25)16-4-7-19(8-5-16)28(2,26)27/h4-9,15,18H,3,10-14H2,1-2H3. The van der Waals surface area contributed by atoms with E-state index in [-0.39, 0.29) is 0 Å². The van der Waals surface area contributed by atoms with Gasteiger partial charge in [0, 0.05) is 19.3 Å². The fourth-order valence-corrected chi connectivity index (χ4v) is 4.62. The van der Waals surface area contributed by atoms with Crippen molar-refractivity contribution >= 4 is 20.9 Å². The predicted molar refractivity (Wildman–Crippen MR) is 111 cm³/mol. The fraction of sp³-hybridized carbons (Fsp3) is 0.429. The molecule has 0 N–H and O–H groups in total. The molecular weight excluding hydrogens is 372 g/mol. The predicted octanol–water partition coefficient (Wildman–Crippen LogP) is 3.55. The van der Waals surface area contributed by atoms with Crippen molar-refractivity contribution in [2.24, 2.45) is 0 Å². The maximum Gasteiger partial charge on any atom is 0.175 e. The summed E-state index contributed by atoms with van der Waals surface area (Å²) in [6.07, 6.45) is 4.63. The minimum Gasteiger partial charge on any atom is -0.303 e. The first-order chi connectivity index (χ1) is 13.5. The van der Waals surface area contributed by atoms with Crippen molar-refractivity contribution in [3.8, 4) is 11.1 Å². The van der Waals surface area contributed by atoms with E-state index >= 15 is 0 Å². The molecule has 1 saturated heterocycles. The van der Waals surface area contributed by atoms with E-state index in [9.17, 15) is 8.42 Å². The average molecular weight is 399 g/mol. The third-order valence-electron chi connectivity index (χ3n) is 5.53. The highest BCUT2D eigenvalue weighted by Crippen LogP contribution is 2.28. The molecule has 7 heteroatoms. The van der Waals surface area contributed by atoms with Gasteiger partial charge < -0.3 is 4.90 Å². The summed E-state index contributed by atoms with van der Waals surface area (Å²) in [4.78, 5) is 2.85. The number of benzene rings is 2. The van der Waals surface area contributed by atoms with Crippen molar-refractivity contribution < 1.29 is 8.42 Å². The highest BCUT2D eigenvalue weighted by molar-refractivity contribution is 7.90. The van der Waals surface area contributed by atoms with Gasteiger partial charge >= 0.3 is 0 Å². The quantitative estimate of drug-likeness (QED) is 0.657. The zero-order chi connectivity index (χ0) is 19.7. The lowest BCUT2D eigenvalue weighted by atomic mass is 10.0. The molecule has 6 nitrogen and oxygen atoms in total. The minimum atomic E-state index is -3.18. The lowest BCUT2D eigenvalue weighted by Crippen LogP contribution is -2.35. The number of likely N-dealkylation sites (tertiary alicyclic amines) is 1. The number of piperidine rings is 1. The molecule has 1 fully saturated rings. The summed E-state index contributed by atoms with van der Waals surface area (Å²) in [5, 5.41) is 8.84. The van der Waals surface area contributed by atoms with Gasteiger partial charge in [-0.15, -0.1) is 5.10 Å². The highest BCUT2D eigenvalue weighted by atomic mass is 32.2. The molecule has 0 radical (unpaired) electrons. The van der Waals surface area contributed by atoms with E-state index in [4.69, 9.17) is 0 Å². The molecule has 2 heterocycles. The zero-order valence-electron chi connectivity index (χ0n) is 16.4. The average Bonchev–Trinajstić information content (AvgIpc) is 3.11. The van der Waals surface area contributed by atoms with E-state index in [2.05, 4.69) is 39.0 Å². The summed E-state index contributed by atoms with van der Waals surface area (Å²) >= 11 is 0. The molecule has 0 saturated carbocycles.